The molecule has 0 fully saturated rings. The molecule has 0 amide bonds. The summed E-state index contributed by atoms with van der Waals surface area (Å²) >= 11 is 0. The molecule has 192 valence electrons. The van der Waals surface area contributed by atoms with Gasteiger partial charge in [-0.3, -0.25) is 0 Å². The minimum atomic E-state index is -2.78. The fraction of sp³-hybridized carbons (Fsp3) is 0.636. The van der Waals surface area contributed by atoms with Crippen molar-refractivity contribution in [1.29, 1.82) is 0 Å². The van der Waals surface area contributed by atoms with Crippen LogP contribution in [0, 0.1) is 0 Å². The Morgan fingerprint density at radius 3 is 1.27 bits per heavy atom. The quantitative estimate of drug-likeness (QED) is 0.162. The van der Waals surface area contributed by atoms with Gasteiger partial charge in [-0.15, -0.1) is 26.3 Å². The van der Waals surface area contributed by atoms with Crippen LogP contribution in [0.1, 0.15) is 27.7 Å². The smallest absolute Gasteiger partial charge is 0.342 e. The maximum absolute atomic E-state index is 6.93. The average molecular weight is 563 g/mol. The Labute approximate surface area is 211 Å². The van der Waals surface area contributed by atoms with Crippen LogP contribution >= 0.6 is 0 Å². The lowest BCUT2D eigenvalue weighted by Crippen LogP contribution is -2.61. The van der Waals surface area contributed by atoms with E-state index >= 15 is 0 Å². The molecule has 0 saturated heterocycles. The van der Waals surface area contributed by atoms with Gasteiger partial charge in [0.05, 0.1) is 0 Å². The molecule has 0 radical (unpaired) electrons. The third kappa shape index (κ3) is 9.91. The van der Waals surface area contributed by atoms with Gasteiger partial charge >= 0.3 is 34.2 Å². The first-order chi connectivity index (χ1) is 15.0. The summed E-state index contributed by atoms with van der Waals surface area (Å²) in [5.41, 5.74) is 7.23. The molecule has 11 heteroatoms. The lowest BCUT2D eigenvalue weighted by Gasteiger charge is -2.44. The van der Waals surface area contributed by atoms with Gasteiger partial charge in [0, 0.05) is 0 Å². The minimum Gasteiger partial charge on any atom is -0.436 e. The van der Waals surface area contributed by atoms with Crippen LogP contribution in [0.4, 0.5) is 0 Å². The second-order valence-corrected chi connectivity index (χ2v) is 32.2. The van der Waals surface area contributed by atoms with E-state index in [1.807, 2.05) is 23.6 Å². The van der Waals surface area contributed by atoms with Crippen LogP contribution in [-0.4, -0.2) is 50.9 Å². The van der Waals surface area contributed by atoms with E-state index in [4.69, 9.17) is 20.6 Å². The summed E-state index contributed by atoms with van der Waals surface area (Å²) < 4.78 is 33.6. The van der Waals surface area contributed by atoms with Gasteiger partial charge in [0.25, 0.3) is 8.32 Å². The maximum atomic E-state index is 6.93. The predicted molar refractivity (Wildman–Crippen MR) is 158 cm³/mol. The van der Waals surface area contributed by atoms with E-state index in [0.717, 1.165) is 24.2 Å². The first-order valence-electron chi connectivity index (χ1n) is 12.1. The lowest BCUT2D eigenvalue weighted by molar-refractivity contribution is 0.281. The molecule has 0 bridgehead atoms. The van der Waals surface area contributed by atoms with E-state index in [2.05, 4.69) is 86.7 Å². The summed E-state index contributed by atoms with van der Waals surface area (Å²) in [6.07, 6.45) is 0. The van der Waals surface area contributed by atoms with E-state index in [0.29, 0.717) is 0 Å². The second-order valence-electron chi connectivity index (χ2n) is 9.73. The summed E-state index contributed by atoms with van der Waals surface area (Å²) in [6, 6.07) is 4.24. The molecule has 0 aliphatic rings. The Kier molecular flexibility index (Phi) is 12.9. The highest BCUT2D eigenvalue weighted by atomic mass is 28.5. The third-order valence-corrected chi connectivity index (χ3v) is 31.6. The zero-order valence-corrected chi connectivity index (χ0v) is 29.0. The van der Waals surface area contributed by atoms with Crippen LogP contribution in [0.3, 0.4) is 0 Å². The van der Waals surface area contributed by atoms with Crippen molar-refractivity contribution in [3.63, 3.8) is 0 Å². The molecule has 2 unspecified atom stereocenters. The summed E-state index contributed by atoms with van der Waals surface area (Å²) in [7, 11) is -14.6. The van der Waals surface area contributed by atoms with Gasteiger partial charge in [-0.05, 0) is 63.5 Å². The first-order valence-corrected chi connectivity index (χ1v) is 27.3. The van der Waals surface area contributed by atoms with Crippen molar-refractivity contribution in [2.24, 2.45) is 0 Å². The number of hydrogen-bond acceptors (Lipinski definition) is 5. The van der Waals surface area contributed by atoms with E-state index in [-0.39, 0.29) is 0 Å². The Morgan fingerprint density at radius 1 is 0.515 bits per heavy atom. The predicted octanol–water partition coefficient (Wildman–Crippen LogP) is 7.49. The maximum Gasteiger partial charge on any atom is 0.342 e. The molecule has 0 heterocycles. The van der Waals surface area contributed by atoms with Gasteiger partial charge in [0.2, 0.25) is 0 Å². The highest BCUT2D eigenvalue weighted by Gasteiger charge is 2.49. The van der Waals surface area contributed by atoms with Gasteiger partial charge < -0.3 is 20.6 Å². The Bertz CT molecular complexity index is 652. The van der Waals surface area contributed by atoms with E-state index in [9.17, 15) is 0 Å². The Morgan fingerprint density at radius 2 is 0.939 bits per heavy atom. The van der Waals surface area contributed by atoms with Crippen LogP contribution in [0.2, 0.25) is 63.5 Å². The highest BCUT2D eigenvalue weighted by molar-refractivity contribution is 6.97. The van der Waals surface area contributed by atoms with Crippen LogP contribution < -0.4 is 0 Å². The summed E-state index contributed by atoms with van der Waals surface area (Å²) in [5, 5.41) is 0. The Balaban J connectivity index is 5.70. The van der Waals surface area contributed by atoms with Gasteiger partial charge in [-0.25, -0.2) is 0 Å². The summed E-state index contributed by atoms with van der Waals surface area (Å²) in [6.45, 7) is 37.3. The van der Waals surface area contributed by atoms with Crippen LogP contribution in [0.15, 0.2) is 49.1 Å². The van der Waals surface area contributed by atoms with Crippen molar-refractivity contribution < 1.29 is 20.6 Å². The normalized spacial score (nSPS) is 17.0. The van der Waals surface area contributed by atoms with Crippen molar-refractivity contribution in [3.8, 4) is 0 Å². The molecule has 0 aromatic rings. The molecule has 0 aromatic heterocycles. The molecule has 33 heavy (non-hydrogen) atoms. The molecule has 0 spiro atoms. The molecule has 0 saturated carbocycles. The van der Waals surface area contributed by atoms with Gasteiger partial charge in [-0.1, -0.05) is 50.5 Å². The van der Waals surface area contributed by atoms with Gasteiger partial charge in [0.15, 0.2) is 8.32 Å². The molecular weight excluding hydrogens is 513 g/mol. The van der Waals surface area contributed by atoms with Crippen LogP contribution in [-0.2, 0) is 20.6 Å². The fourth-order valence-corrected chi connectivity index (χ4v) is 32.1. The van der Waals surface area contributed by atoms with E-state index < -0.39 is 50.9 Å². The summed E-state index contributed by atoms with van der Waals surface area (Å²) in [5.74, 6) is 0. The number of hydrogen-bond donors (Lipinski definition) is 0. The van der Waals surface area contributed by atoms with E-state index in [1.54, 1.807) is 5.70 Å². The van der Waals surface area contributed by atoms with Crippen molar-refractivity contribution in [2.75, 3.05) is 0 Å². The molecule has 0 N–H and O–H groups in total. The van der Waals surface area contributed by atoms with Crippen molar-refractivity contribution in [2.45, 2.75) is 91.2 Å². The number of rotatable bonds is 18. The molecule has 0 aliphatic heterocycles. The molecule has 0 rings (SSSR count). The largest absolute Gasteiger partial charge is 0.436 e. The van der Waals surface area contributed by atoms with Crippen molar-refractivity contribution >= 4 is 50.9 Å². The SMILES string of the molecule is C=C[Si](C=C)(C=C)O[Si](C)(C=C)O[Si](C)(C)O[Si](C)(C)O[Si](C)(CC)O[Si](CC)(CC)CC. The van der Waals surface area contributed by atoms with Gasteiger partial charge in [-0.2, -0.15) is 0 Å². The molecule has 5 nitrogen and oxygen atoms in total. The third-order valence-electron chi connectivity index (χ3n) is 6.12. The van der Waals surface area contributed by atoms with Crippen LogP contribution in [0.5, 0.6) is 0 Å². The Hall–Kier alpha value is 0.0613. The molecular formula is C22H50O5Si6. The first kappa shape index (κ1) is 33.1. The van der Waals surface area contributed by atoms with E-state index in [1.165, 1.54) is 0 Å². The monoisotopic (exact) mass is 562 g/mol. The van der Waals surface area contributed by atoms with Crippen LogP contribution in [0.25, 0.3) is 0 Å². The summed E-state index contributed by atoms with van der Waals surface area (Å²) in [4.78, 5) is 0. The van der Waals surface area contributed by atoms with Gasteiger partial charge in [0.1, 0.15) is 0 Å². The average Bonchev–Trinajstić information content (AvgIpc) is 2.74. The highest BCUT2D eigenvalue weighted by Crippen LogP contribution is 2.32. The zero-order chi connectivity index (χ0) is 26.2. The van der Waals surface area contributed by atoms with Crippen molar-refractivity contribution in [3.05, 3.63) is 49.1 Å². The zero-order valence-electron chi connectivity index (χ0n) is 23.0. The topological polar surface area (TPSA) is 46.2 Å². The second kappa shape index (κ2) is 12.9. The standard InChI is InChI=1S/C22H50O5Si6/c1-15-30(13,26-32(17-3,18-4)19-5)24-28(9,10)23-29(11,12)25-31(14,16-2)27-33(20-6,21-7)22-8/h15,17-19H,1,3-5,16,20-22H2,2,6-14H3. The fourth-order valence-electron chi connectivity index (χ4n) is 4.06. The molecule has 0 aliphatic carbocycles. The molecule has 2 atom stereocenters. The minimum absolute atomic E-state index is 0.902. The molecule has 0 aromatic carbocycles. The lowest BCUT2D eigenvalue weighted by atomic mass is 10.9. The van der Waals surface area contributed by atoms with Crippen molar-refractivity contribution in [1.82, 2.24) is 0 Å².